The van der Waals surface area contributed by atoms with E-state index >= 15 is 0 Å². The third kappa shape index (κ3) is 3.08. The molecular weight excluding hydrogens is 290 g/mol. The van der Waals surface area contributed by atoms with Gasteiger partial charge in [-0.25, -0.2) is 0 Å². The Morgan fingerprint density at radius 3 is 2.43 bits per heavy atom. The molecule has 5 heteroatoms. The maximum Gasteiger partial charge on any atom is 0.271 e. The van der Waals surface area contributed by atoms with Crippen molar-refractivity contribution >= 4 is 16.6 Å². The number of rotatable bonds is 3. The number of fused-ring (bicyclic) bond motifs is 1. The summed E-state index contributed by atoms with van der Waals surface area (Å²) in [6, 6.07) is 13.3. The first-order valence-electron chi connectivity index (χ1n) is 7.54. The van der Waals surface area contributed by atoms with Crippen LogP contribution in [0.2, 0.25) is 0 Å². The van der Waals surface area contributed by atoms with E-state index < -0.39 is 0 Å². The summed E-state index contributed by atoms with van der Waals surface area (Å²) in [7, 11) is 0. The van der Waals surface area contributed by atoms with Gasteiger partial charge in [0, 0.05) is 17.5 Å². The highest BCUT2D eigenvalue weighted by atomic mass is 16.6. The zero-order valence-corrected chi connectivity index (χ0v) is 13.5. The molecule has 0 aliphatic rings. The van der Waals surface area contributed by atoms with Crippen LogP contribution in [0.4, 0.5) is 5.69 Å². The monoisotopic (exact) mass is 309 g/mol. The van der Waals surface area contributed by atoms with Crippen LogP contribution < -0.4 is 0 Å². The van der Waals surface area contributed by atoms with Crippen LogP contribution >= 0.6 is 0 Å². The van der Waals surface area contributed by atoms with Crippen molar-refractivity contribution in [2.45, 2.75) is 32.7 Å². The number of hydrogen-bond acceptors (Lipinski definition) is 3. The van der Waals surface area contributed by atoms with Crippen LogP contribution in [-0.2, 0) is 12.0 Å². The van der Waals surface area contributed by atoms with Gasteiger partial charge in [0.15, 0.2) is 0 Å². The van der Waals surface area contributed by atoms with Crippen LogP contribution in [0.5, 0.6) is 0 Å². The Hall–Kier alpha value is -2.69. The summed E-state index contributed by atoms with van der Waals surface area (Å²) < 4.78 is 1.80. The first-order valence-corrected chi connectivity index (χ1v) is 7.54. The van der Waals surface area contributed by atoms with Gasteiger partial charge in [-0.05, 0) is 22.6 Å². The Bertz CT molecular complexity index is 858. The average Bonchev–Trinajstić information content (AvgIpc) is 2.89. The van der Waals surface area contributed by atoms with Crippen molar-refractivity contribution in [3.05, 3.63) is 69.9 Å². The van der Waals surface area contributed by atoms with Gasteiger partial charge < -0.3 is 0 Å². The van der Waals surface area contributed by atoms with Gasteiger partial charge in [-0.3, -0.25) is 14.8 Å². The highest BCUT2D eigenvalue weighted by Gasteiger charge is 2.14. The number of benzene rings is 2. The highest BCUT2D eigenvalue weighted by Crippen LogP contribution is 2.24. The maximum absolute atomic E-state index is 10.9. The lowest BCUT2D eigenvalue weighted by Gasteiger charge is -2.19. The van der Waals surface area contributed by atoms with Gasteiger partial charge in [0.25, 0.3) is 5.69 Å². The number of non-ortho nitro benzene ring substituents is 1. The molecule has 0 spiro atoms. The molecular formula is C18H19N3O2. The van der Waals surface area contributed by atoms with E-state index in [4.69, 9.17) is 0 Å². The van der Waals surface area contributed by atoms with Crippen LogP contribution in [0.3, 0.4) is 0 Å². The molecule has 0 amide bonds. The number of nitrogens with zero attached hydrogens (tertiary/aromatic N) is 3. The molecule has 1 aromatic heterocycles. The van der Waals surface area contributed by atoms with Gasteiger partial charge in [0.1, 0.15) is 0 Å². The maximum atomic E-state index is 10.9. The second-order valence-electron chi connectivity index (χ2n) is 6.75. The molecule has 0 fully saturated rings. The molecule has 0 saturated heterocycles. The standard InChI is InChI=1S/C18H19N3O2/c1-18(2,3)15-7-4-13(5-8-15)12-20-17-10-16(21(22)23)9-6-14(17)11-19-20/h4-11H,12H2,1-3H3. The predicted molar refractivity (Wildman–Crippen MR) is 90.6 cm³/mol. The Balaban J connectivity index is 1.92. The first-order chi connectivity index (χ1) is 10.8. The van der Waals surface area contributed by atoms with Crippen molar-refractivity contribution in [1.82, 2.24) is 9.78 Å². The topological polar surface area (TPSA) is 61.0 Å². The number of hydrogen-bond donors (Lipinski definition) is 0. The Morgan fingerprint density at radius 1 is 1.13 bits per heavy atom. The summed E-state index contributed by atoms with van der Waals surface area (Å²) in [5.41, 5.74) is 3.38. The third-order valence-corrected chi connectivity index (χ3v) is 3.99. The average molecular weight is 309 g/mol. The van der Waals surface area contributed by atoms with E-state index in [1.165, 1.54) is 11.6 Å². The van der Waals surface area contributed by atoms with Crippen LogP contribution in [0.25, 0.3) is 10.9 Å². The van der Waals surface area contributed by atoms with Crippen LogP contribution in [0.1, 0.15) is 31.9 Å². The third-order valence-electron chi connectivity index (χ3n) is 3.99. The van der Waals surface area contributed by atoms with Gasteiger partial charge in [0.05, 0.1) is 23.2 Å². The molecule has 3 rings (SSSR count). The molecule has 0 aliphatic heterocycles. The molecule has 118 valence electrons. The van der Waals surface area contributed by atoms with E-state index in [0.29, 0.717) is 6.54 Å². The molecule has 1 heterocycles. The molecule has 23 heavy (non-hydrogen) atoms. The van der Waals surface area contributed by atoms with Crippen molar-refractivity contribution in [2.24, 2.45) is 0 Å². The molecule has 5 nitrogen and oxygen atoms in total. The molecule has 0 N–H and O–H groups in total. The summed E-state index contributed by atoms with van der Waals surface area (Å²) in [6.45, 7) is 7.14. The van der Waals surface area contributed by atoms with E-state index in [1.54, 1.807) is 23.0 Å². The molecule has 0 unspecified atom stereocenters. The fraction of sp³-hybridized carbons (Fsp3) is 0.278. The van der Waals surface area contributed by atoms with Crippen LogP contribution in [0, 0.1) is 10.1 Å². The van der Waals surface area contributed by atoms with Crippen molar-refractivity contribution in [2.75, 3.05) is 0 Å². The normalized spacial score (nSPS) is 11.8. The summed E-state index contributed by atoms with van der Waals surface area (Å²) in [5, 5.41) is 16.2. The fourth-order valence-corrected chi connectivity index (χ4v) is 2.58. The smallest absolute Gasteiger partial charge is 0.260 e. The highest BCUT2D eigenvalue weighted by molar-refractivity contribution is 5.81. The van der Waals surface area contributed by atoms with Gasteiger partial charge in [-0.2, -0.15) is 5.10 Å². The molecule has 2 aromatic carbocycles. The minimum Gasteiger partial charge on any atom is -0.260 e. The quantitative estimate of drug-likeness (QED) is 0.535. The minimum absolute atomic E-state index is 0.0855. The van der Waals surface area contributed by atoms with Gasteiger partial charge in [0.2, 0.25) is 0 Å². The van der Waals surface area contributed by atoms with Gasteiger partial charge in [-0.1, -0.05) is 45.0 Å². The summed E-state index contributed by atoms with van der Waals surface area (Å²) in [5.74, 6) is 0. The molecule has 0 aliphatic carbocycles. The number of nitro benzene ring substituents is 1. The molecule has 3 aromatic rings. The zero-order valence-electron chi connectivity index (χ0n) is 13.5. The van der Waals surface area contributed by atoms with Crippen molar-refractivity contribution < 1.29 is 4.92 Å². The van der Waals surface area contributed by atoms with Crippen LogP contribution in [-0.4, -0.2) is 14.7 Å². The summed E-state index contributed by atoms with van der Waals surface area (Å²) in [4.78, 5) is 10.6. The van der Waals surface area contributed by atoms with E-state index in [2.05, 4.69) is 50.1 Å². The van der Waals surface area contributed by atoms with E-state index in [9.17, 15) is 10.1 Å². The second-order valence-corrected chi connectivity index (χ2v) is 6.75. The lowest BCUT2D eigenvalue weighted by molar-refractivity contribution is -0.384. The van der Waals surface area contributed by atoms with E-state index in [0.717, 1.165) is 16.5 Å². The van der Waals surface area contributed by atoms with Crippen molar-refractivity contribution in [1.29, 1.82) is 0 Å². The number of nitro groups is 1. The predicted octanol–water partition coefficient (Wildman–Crippen LogP) is 4.29. The molecule has 0 saturated carbocycles. The Labute approximate surface area is 134 Å². The van der Waals surface area contributed by atoms with E-state index in [-0.39, 0.29) is 16.0 Å². The largest absolute Gasteiger partial charge is 0.271 e. The molecule has 0 radical (unpaired) electrons. The summed E-state index contributed by atoms with van der Waals surface area (Å²) >= 11 is 0. The lowest BCUT2D eigenvalue weighted by atomic mass is 9.87. The summed E-state index contributed by atoms with van der Waals surface area (Å²) in [6.07, 6.45) is 1.74. The van der Waals surface area contributed by atoms with Crippen molar-refractivity contribution in [3.63, 3.8) is 0 Å². The van der Waals surface area contributed by atoms with Gasteiger partial charge in [-0.15, -0.1) is 0 Å². The fourth-order valence-electron chi connectivity index (χ4n) is 2.58. The first kappa shape index (κ1) is 15.2. The van der Waals surface area contributed by atoms with Crippen molar-refractivity contribution in [3.8, 4) is 0 Å². The number of aromatic nitrogens is 2. The molecule has 0 atom stereocenters. The minimum atomic E-state index is -0.380. The Morgan fingerprint density at radius 2 is 1.83 bits per heavy atom. The molecule has 0 bridgehead atoms. The van der Waals surface area contributed by atoms with Gasteiger partial charge >= 0.3 is 0 Å². The lowest BCUT2D eigenvalue weighted by Crippen LogP contribution is -2.11. The SMILES string of the molecule is CC(C)(C)c1ccc(Cn2ncc3ccc([N+](=O)[O-])cc32)cc1. The van der Waals surface area contributed by atoms with E-state index in [1.807, 2.05) is 0 Å². The second kappa shape index (κ2) is 5.50. The Kier molecular flexibility index (Phi) is 3.64. The van der Waals surface area contributed by atoms with Crippen LogP contribution in [0.15, 0.2) is 48.7 Å². The zero-order chi connectivity index (χ0) is 16.6.